The summed E-state index contributed by atoms with van der Waals surface area (Å²) in [6, 6.07) is 3.56. The van der Waals surface area contributed by atoms with Crippen molar-refractivity contribution in [2.24, 2.45) is 7.05 Å². The van der Waals surface area contributed by atoms with Crippen LogP contribution in [0.4, 0.5) is 0 Å². The smallest absolute Gasteiger partial charge is 0.148 e. The summed E-state index contributed by atoms with van der Waals surface area (Å²) >= 11 is 0. The molecule has 86 valence electrons. The van der Waals surface area contributed by atoms with E-state index in [4.69, 9.17) is 9.25 Å². The highest BCUT2D eigenvalue weighted by molar-refractivity contribution is 5.14. The molecule has 1 N–H and O–H groups in total. The maximum absolute atomic E-state index is 5.38. The first kappa shape index (κ1) is 10.9. The number of furan rings is 1. The van der Waals surface area contributed by atoms with Crippen LogP contribution in [0.2, 0.25) is 0 Å². The van der Waals surface area contributed by atoms with Crippen LogP contribution >= 0.6 is 0 Å². The Hall–Kier alpha value is -1.59. The van der Waals surface area contributed by atoms with Gasteiger partial charge in [0.1, 0.15) is 17.6 Å². The van der Waals surface area contributed by atoms with Crippen molar-refractivity contribution >= 4 is 0 Å². The molecule has 2 heterocycles. The van der Waals surface area contributed by atoms with Crippen LogP contribution in [0.15, 0.2) is 35.2 Å². The molecule has 0 spiro atoms. The molecule has 0 radical (unpaired) electrons. The first-order valence-corrected chi connectivity index (χ1v) is 5.21. The van der Waals surface area contributed by atoms with E-state index in [0.29, 0.717) is 6.61 Å². The van der Waals surface area contributed by atoms with Gasteiger partial charge in [-0.2, -0.15) is 5.48 Å². The minimum atomic E-state index is -0.185. The largest absolute Gasteiger partial charge is 0.467 e. The molecule has 5 heteroatoms. The zero-order valence-corrected chi connectivity index (χ0v) is 9.38. The van der Waals surface area contributed by atoms with Gasteiger partial charge >= 0.3 is 0 Å². The van der Waals surface area contributed by atoms with E-state index in [9.17, 15) is 0 Å². The molecule has 16 heavy (non-hydrogen) atoms. The fraction of sp³-hybridized carbons (Fsp3) is 0.364. The molecule has 2 aromatic rings. The number of aromatic nitrogens is 2. The lowest BCUT2D eigenvalue weighted by Gasteiger charge is -2.15. The van der Waals surface area contributed by atoms with E-state index in [1.165, 1.54) is 0 Å². The van der Waals surface area contributed by atoms with E-state index in [1.807, 2.05) is 36.9 Å². The maximum atomic E-state index is 5.38. The Morgan fingerprint density at radius 1 is 1.62 bits per heavy atom. The lowest BCUT2D eigenvalue weighted by Crippen LogP contribution is -2.25. The normalized spacial score (nSPS) is 12.9. The van der Waals surface area contributed by atoms with Crippen LogP contribution < -0.4 is 5.48 Å². The number of rotatable bonds is 5. The highest BCUT2D eigenvalue weighted by Crippen LogP contribution is 2.20. The Balaban J connectivity index is 2.25. The topological polar surface area (TPSA) is 52.2 Å². The quantitative estimate of drug-likeness (QED) is 0.780. The number of aryl methyl sites for hydroxylation is 1. The predicted molar refractivity (Wildman–Crippen MR) is 58.5 cm³/mol. The van der Waals surface area contributed by atoms with Crippen molar-refractivity contribution in [2.45, 2.75) is 13.0 Å². The molecule has 0 amide bonds. The Bertz CT molecular complexity index is 422. The van der Waals surface area contributed by atoms with Gasteiger partial charge in [0.15, 0.2) is 0 Å². The standard InChI is InChI=1S/C11H15N3O2/c1-3-16-13-10(9-5-4-8-15-9)11-12-6-7-14(11)2/h4-8,10,13H,3H2,1-2H3. The summed E-state index contributed by atoms with van der Waals surface area (Å²) in [4.78, 5) is 9.52. The number of nitrogens with one attached hydrogen (secondary N) is 1. The van der Waals surface area contributed by atoms with Gasteiger partial charge < -0.3 is 13.8 Å². The Morgan fingerprint density at radius 3 is 3.06 bits per heavy atom. The van der Waals surface area contributed by atoms with Crippen molar-refractivity contribution in [3.63, 3.8) is 0 Å². The van der Waals surface area contributed by atoms with Gasteiger partial charge in [-0.25, -0.2) is 4.98 Å². The van der Waals surface area contributed by atoms with Gasteiger partial charge in [0.05, 0.1) is 12.9 Å². The molecule has 1 unspecified atom stereocenters. The third-order valence-corrected chi connectivity index (χ3v) is 2.29. The minimum absolute atomic E-state index is 0.185. The van der Waals surface area contributed by atoms with E-state index < -0.39 is 0 Å². The molecule has 0 saturated carbocycles. The van der Waals surface area contributed by atoms with Crippen molar-refractivity contribution in [1.82, 2.24) is 15.0 Å². The molecule has 5 nitrogen and oxygen atoms in total. The summed E-state index contributed by atoms with van der Waals surface area (Å²) in [5, 5.41) is 0. The molecular formula is C11H15N3O2. The summed E-state index contributed by atoms with van der Waals surface area (Å²) < 4.78 is 7.31. The van der Waals surface area contributed by atoms with E-state index in [-0.39, 0.29) is 6.04 Å². The van der Waals surface area contributed by atoms with Gasteiger partial charge in [-0.05, 0) is 19.1 Å². The highest BCUT2D eigenvalue weighted by atomic mass is 16.6. The zero-order valence-electron chi connectivity index (χ0n) is 9.38. The summed E-state index contributed by atoms with van der Waals surface area (Å²) in [6.45, 7) is 2.51. The Morgan fingerprint density at radius 2 is 2.50 bits per heavy atom. The lowest BCUT2D eigenvalue weighted by molar-refractivity contribution is 0.0262. The van der Waals surface area contributed by atoms with Gasteiger partial charge in [0.25, 0.3) is 0 Å². The predicted octanol–water partition coefficient (Wildman–Crippen LogP) is 1.64. The van der Waals surface area contributed by atoms with Crippen LogP contribution in [-0.4, -0.2) is 16.2 Å². The maximum Gasteiger partial charge on any atom is 0.148 e. The van der Waals surface area contributed by atoms with Gasteiger partial charge in [-0.3, -0.25) is 0 Å². The molecule has 0 saturated heterocycles. The summed E-state index contributed by atoms with van der Waals surface area (Å²) in [5.74, 6) is 1.63. The molecule has 0 fully saturated rings. The lowest BCUT2D eigenvalue weighted by atomic mass is 10.2. The van der Waals surface area contributed by atoms with E-state index in [0.717, 1.165) is 11.6 Å². The number of nitrogens with zero attached hydrogens (tertiary/aromatic N) is 2. The van der Waals surface area contributed by atoms with Crippen LogP contribution in [0.25, 0.3) is 0 Å². The fourth-order valence-corrected chi connectivity index (χ4v) is 1.52. The van der Waals surface area contributed by atoms with E-state index >= 15 is 0 Å². The first-order chi connectivity index (χ1) is 7.83. The minimum Gasteiger partial charge on any atom is -0.467 e. The van der Waals surface area contributed by atoms with Crippen molar-refractivity contribution in [2.75, 3.05) is 6.61 Å². The molecular weight excluding hydrogens is 206 g/mol. The molecule has 0 aliphatic rings. The fourth-order valence-electron chi connectivity index (χ4n) is 1.52. The van der Waals surface area contributed by atoms with Gasteiger partial charge in [-0.15, -0.1) is 0 Å². The first-order valence-electron chi connectivity index (χ1n) is 5.21. The highest BCUT2D eigenvalue weighted by Gasteiger charge is 2.20. The van der Waals surface area contributed by atoms with Crippen molar-refractivity contribution in [3.8, 4) is 0 Å². The number of hydrogen-bond acceptors (Lipinski definition) is 4. The van der Waals surface area contributed by atoms with Crippen molar-refractivity contribution < 1.29 is 9.25 Å². The number of imidazole rings is 1. The van der Waals surface area contributed by atoms with E-state index in [2.05, 4.69) is 10.5 Å². The molecule has 2 aromatic heterocycles. The second-order valence-corrected chi connectivity index (χ2v) is 3.40. The van der Waals surface area contributed by atoms with Gasteiger partial charge in [0, 0.05) is 19.4 Å². The number of hydroxylamine groups is 1. The van der Waals surface area contributed by atoms with Crippen LogP contribution in [0.1, 0.15) is 24.6 Å². The van der Waals surface area contributed by atoms with Crippen LogP contribution in [0.3, 0.4) is 0 Å². The second kappa shape index (κ2) is 4.96. The zero-order chi connectivity index (χ0) is 11.4. The van der Waals surface area contributed by atoms with Crippen LogP contribution in [0.5, 0.6) is 0 Å². The molecule has 0 aromatic carbocycles. The van der Waals surface area contributed by atoms with Crippen molar-refractivity contribution in [3.05, 3.63) is 42.4 Å². The molecule has 2 rings (SSSR count). The van der Waals surface area contributed by atoms with Gasteiger partial charge in [-0.1, -0.05) is 0 Å². The average Bonchev–Trinajstić information content (AvgIpc) is 2.91. The Kier molecular flexibility index (Phi) is 3.38. The second-order valence-electron chi connectivity index (χ2n) is 3.40. The Labute approximate surface area is 94.0 Å². The van der Waals surface area contributed by atoms with Crippen LogP contribution in [0, 0.1) is 0 Å². The molecule has 0 bridgehead atoms. The van der Waals surface area contributed by atoms with Crippen LogP contribution in [-0.2, 0) is 11.9 Å². The third kappa shape index (κ3) is 2.15. The van der Waals surface area contributed by atoms with Gasteiger partial charge in [0.2, 0.25) is 0 Å². The molecule has 0 aliphatic carbocycles. The summed E-state index contributed by atoms with van der Waals surface area (Å²) in [5.41, 5.74) is 2.94. The number of hydrogen-bond donors (Lipinski definition) is 1. The monoisotopic (exact) mass is 221 g/mol. The van der Waals surface area contributed by atoms with Crippen molar-refractivity contribution in [1.29, 1.82) is 0 Å². The third-order valence-electron chi connectivity index (χ3n) is 2.29. The molecule has 1 atom stereocenters. The molecule has 0 aliphatic heterocycles. The summed E-state index contributed by atoms with van der Waals surface area (Å²) in [6.07, 6.45) is 5.27. The summed E-state index contributed by atoms with van der Waals surface area (Å²) in [7, 11) is 1.94. The average molecular weight is 221 g/mol. The SMILES string of the molecule is CCONC(c1ccco1)c1nccn1C. The van der Waals surface area contributed by atoms with E-state index in [1.54, 1.807) is 12.5 Å².